The molecule has 112 valence electrons. The van der Waals surface area contributed by atoms with Crippen LogP contribution in [0.1, 0.15) is 29.6 Å². The quantitative estimate of drug-likeness (QED) is 0.872. The minimum atomic E-state index is -0.862. The maximum atomic E-state index is 12.8. The Balaban J connectivity index is 1.92. The van der Waals surface area contributed by atoms with Crippen LogP contribution in [0.4, 0.5) is 0 Å². The van der Waals surface area contributed by atoms with E-state index in [0.29, 0.717) is 18.0 Å². The summed E-state index contributed by atoms with van der Waals surface area (Å²) in [6, 6.07) is 6.78. The molecule has 1 heterocycles. The fourth-order valence-corrected chi connectivity index (χ4v) is 4.40. The predicted octanol–water partition coefficient (Wildman–Crippen LogP) is 2.73. The van der Waals surface area contributed by atoms with Gasteiger partial charge in [0.05, 0.1) is 5.56 Å². The molecule has 1 aliphatic carbocycles. The molecule has 2 aliphatic rings. The molecule has 5 heteroatoms. The molecule has 1 aromatic carbocycles. The Kier molecular flexibility index (Phi) is 3.93. The van der Waals surface area contributed by atoms with Gasteiger partial charge >= 0.3 is 5.97 Å². The van der Waals surface area contributed by atoms with Gasteiger partial charge in [-0.2, -0.15) is 0 Å². The van der Waals surface area contributed by atoms with Crippen molar-refractivity contribution in [2.45, 2.75) is 30.2 Å². The zero-order valence-corrected chi connectivity index (χ0v) is 12.8. The van der Waals surface area contributed by atoms with Crippen molar-refractivity contribution in [3.63, 3.8) is 0 Å². The highest BCUT2D eigenvalue weighted by Gasteiger charge is 2.49. The number of thioether (sulfide) groups is 1. The summed E-state index contributed by atoms with van der Waals surface area (Å²) in [6.45, 7) is 0.586. The number of carbonyl (C=O) groups excluding carboxylic acids is 1. The minimum absolute atomic E-state index is 0.132. The van der Waals surface area contributed by atoms with Crippen molar-refractivity contribution in [3.8, 4) is 0 Å². The summed E-state index contributed by atoms with van der Waals surface area (Å²) in [7, 11) is 0. The van der Waals surface area contributed by atoms with Crippen molar-refractivity contribution in [2.24, 2.45) is 11.8 Å². The van der Waals surface area contributed by atoms with Crippen molar-refractivity contribution in [3.05, 3.63) is 29.8 Å². The van der Waals surface area contributed by atoms with E-state index in [9.17, 15) is 14.7 Å². The summed E-state index contributed by atoms with van der Waals surface area (Å²) in [5.74, 6) is -0.509. The molecule has 1 saturated carbocycles. The number of rotatable bonds is 3. The average molecular weight is 305 g/mol. The van der Waals surface area contributed by atoms with Gasteiger partial charge in [0.2, 0.25) is 0 Å². The van der Waals surface area contributed by atoms with Gasteiger partial charge in [0.15, 0.2) is 0 Å². The number of hydrogen-bond donors (Lipinski definition) is 1. The van der Waals surface area contributed by atoms with E-state index in [0.717, 1.165) is 24.2 Å². The van der Waals surface area contributed by atoms with Crippen LogP contribution in [0.5, 0.6) is 0 Å². The van der Waals surface area contributed by atoms with E-state index in [-0.39, 0.29) is 11.8 Å². The van der Waals surface area contributed by atoms with Crippen LogP contribution in [0.3, 0.4) is 0 Å². The lowest BCUT2D eigenvalue weighted by Gasteiger charge is -2.25. The predicted molar refractivity (Wildman–Crippen MR) is 81.5 cm³/mol. The Labute approximate surface area is 128 Å². The zero-order valence-electron chi connectivity index (χ0n) is 12.0. The van der Waals surface area contributed by atoms with E-state index in [2.05, 4.69) is 0 Å². The van der Waals surface area contributed by atoms with Crippen LogP contribution in [-0.4, -0.2) is 40.7 Å². The Morgan fingerprint density at radius 3 is 2.76 bits per heavy atom. The Hall–Kier alpha value is -1.49. The average Bonchev–Trinajstić information content (AvgIpc) is 3.06. The standard InChI is InChI=1S/C16H19NO3S/c1-21-13-8-3-2-6-12(13)15(18)17-9-10-5-4-7-11(10)14(17)16(19)20/h2-3,6,8,10-11,14H,4-5,7,9H2,1H3,(H,19,20). The minimum Gasteiger partial charge on any atom is -0.480 e. The number of fused-ring (bicyclic) bond motifs is 1. The fourth-order valence-electron chi connectivity index (χ4n) is 3.81. The number of hydrogen-bond acceptors (Lipinski definition) is 3. The topological polar surface area (TPSA) is 57.6 Å². The van der Waals surface area contributed by atoms with Crippen LogP contribution in [0.25, 0.3) is 0 Å². The third kappa shape index (κ3) is 2.44. The van der Waals surface area contributed by atoms with E-state index < -0.39 is 12.0 Å². The molecule has 0 aromatic heterocycles. The number of carboxylic acid groups (broad SMARTS) is 1. The number of carbonyl (C=O) groups is 2. The number of amides is 1. The molecule has 1 aromatic rings. The lowest BCUT2D eigenvalue weighted by molar-refractivity contribution is -0.142. The van der Waals surface area contributed by atoms with Crippen molar-refractivity contribution in [1.82, 2.24) is 4.90 Å². The van der Waals surface area contributed by atoms with Crippen molar-refractivity contribution >= 4 is 23.6 Å². The normalized spacial score (nSPS) is 27.7. The Morgan fingerprint density at radius 2 is 2.05 bits per heavy atom. The smallest absolute Gasteiger partial charge is 0.326 e. The first-order chi connectivity index (χ1) is 10.1. The van der Waals surface area contributed by atoms with Gasteiger partial charge in [0.1, 0.15) is 6.04 Å². The van der Waals surface area contributed by atoms with E-state index in [4.69, 9.17) is 0 Å². The Bertz CT molecular complexity index is 574. The van der Waals surface area contributed by atoms with Crippen LogP contribution in [0.2, 0.25) is 0 Å². The summed E-state index contributed by atoms with van der Waals surface area (Å²) >= 11 is 1.52. The highest BCUT2D eigenvalue weighted by molar-refractivity contribution is 7.98. The molecule has 2 fully saturated rings. The number of nitrogens with zero attached hydrogens (tertiary/aromatic N) is 1. The fraction of sp³-hybridized carbons (Fsp3) is 0.500. The van der Waals surface area contributed by atoms with Gasteiger partial charge < -0.3 is 10.0 Å². The van der Waals surface area contributed by atoms with Crippen LogP contribution < -0.4 is 0 Å². The lowest BCUT2D eigenvalue weighted by Crippen LogP contribution is -2.43. The lowest BCUT2D eigenvalue weighted by atomic mass is 9.94. The molecule has 1 aliphatic heterocycles. The summed E-state index contributed by atoms with van der Waals surface area (Å²) in [5, 5.41) is 9.55. The maximum absolute atomic E-state index is 12.8. The molecular formula is C16H19NO3S. The molecule has 3 rings (SSSR count). The highest BCUT2D eigenvalue weighted by Crippen LogP contribution is 2.43. The molecule has 4 nitrogen and oxygen atoms in total. The van der Waals surface area contributed by atoms with E-state index >= 15 is 0 Å². The first-order valence-electron chi connectivity index (χ1n) is 7.30. The SMILES string of the molecule is CSc1ccccc1C(=O)N1CC2CCCC2C1C(=O)O. The van der Waals surface area contributed by atoms with Crippen molar-refractivity contribution < 1.29 is 14.7 Å². The van der Waals surface area contributed by atoms with Crippen LogP contribution in [-0.2, 0) is 4.79 Å². The van der Waals surface area contributed by atoms with Crippen LogP contribution >= 0.6 is 11.8 Å². The second-order valence-corrected chi connectivity index (χ2v) is 6.64. The van der Waals surface area contributed by atoms with Gasteiger partial charge in [-0.1, -0.05) is 18.6 Å². The van der Waals surface area contributed by atoms with Gasteiger partial charge in [-0.15, -0.1) is 11.8 Å². The van der Waals surface area contributed by atoms with Gasteiger partial charge in [0.25, 0.3) is 5.91 Å². The molecule has 3 unspecified atom stereocenters. The van der Waals surface area contributed by atoms with Crippen LogP contribution in [0.15, 0.2) is 29.2 Å². The van der Waals surface area contributed by atoms with Crippen LogP contribution in [0, 0.1) is 11.8 Å². The molecule has 1 N–H and O–H groups in total. The third-order valence-electron chi connectivity index (χ3n) is 4.74. The summed E-state index contributed by atoms with van der Waals surface area (Å²) in [5.41, 5.74) is 0.622. The molecule has 3 atom stereocenters. The maximum Gasteiger partial charge on any atom is 0.326 e. The number of benzene rings is 1. The van der Waals surface area contributed by atoms with E-state index in [1.165, 1.54) is 11.8 Å². The van der Waals surface area contributed by atoms with Crippen molar-refractivity contribution in [2.75, 3.05) is 12.8 Å². The summed E-state index contributed by atoms with van der Waals surface area (Å²) in [6.07, 6.45) is 4.99. The molecular weight excluding hydrogens is 286 g/mol. The summed E-state index contributed by atoms with van der Waals surface area (Å²) < 4.78 is 0. The second-order valence-electron chi connectivity index (χ2n) is 5.80. The first-order valence-corrected chi connectivity index (χ1v) is 8.52. The van der Waals surface area contributed by atoms with E-state index in [1.807, 2.05) is 24.5 Å². The second kappa shape index (κ2) is 5.72. The van der Waals surface area contributed by atoms with Gasteiger partial charge in [-0.25, -0.2) is 4.79 Å². The Morgan fingerprint density at radius 1 is 1.29 bits per heavy atom. The molecule has 1 amide bonds. The highest BCUT2D eigenvalue weighted by atomic mass is 32.2. The largest absolute Gasteiger partial charge is 0.480 e. The zero-order chi connectivity index (χ0) is 15.0. The van der Waals surface area contributed by atoms with Crippen molar-refractivity contribution in [1.29, 1.82) is 0 Å². The van der Waals surface area contributed by atoms with Gasteiger partial charge in [-0.3, -0.25) is 4.79 Å². The number of likely N-dealkylation sites (tertiary alicyclic amines) is 1. The molecule has 0 bridgehead atoms. The number of carboxylic acids is 1. The molecule has 21 heavy (non-hydrogen) atoms. The number of aliphatic carboxylic acids is 1. The van der Waals surface area contributed by atoms with Gasteiger partial charge in [-0.05, 0) is 43.1 Å². The molecule has 0 spiro atoms. The molecule has 0 radical (unpaired) electrons. The summed E-state index contributed by atoms with van der Waals surface area (Å²) in [4.78, 5) is 27.0. The third-order valence-corrected chi connectivity index (χ3v) is 5.54. The first kappa shape index (κ1) is 14.4. The molecule has 1 saturated heterocycles. The van der Waals surface area contributed by atoms with E-state index in [1.54, 1.807) is 11.0 Å². The monoisotopic (exact) mass is 305 g/mol. The van der Waals surface area contributed by atoms with Gasteiger partial charge in [0, 0.05) is 11.4 Å².